The van der Waals surface area contributed by atoms with E-state index in [2.05, 4.69) is 5.32 Å². The molecule has 1 aliphatic heterocycles. The number of carbonyl (C=O) groups excluding carboxylic acids is 2. The molecule has 0 bridgehead atoms. The average molecular weight is 247 g/mol. The van der Waals surface area contributed by atoms with Crippen LogP contribution in [-0.4, -0.2) is 16.8 Å². The molecular weight excluding hydrogens is 230 g/mol. The number of Topliss-reactive ketones (excluding diaryl/α,β-unsaturated/α-hetero) is 1. The average Bonchev–Trinajstić information content (AvgIpc) is 2.51. The molecule has 4 heteroatoms. The zero-order chi connectivity index (χ0) is 13.6. The maximum atomic E-state index is 12.0. The maximum Gasteiger partial charge on any atom is 0.261 e. The van der Waals surface area contributed by atoms with E-state index in [0.29, 0.717) is 11.3 Å². The maximum absolute atomic E-state index is 12.0. The van der Waals surface area contributed by atoms with Gasteiger partial charge in [-0.25, -0.2) is 0 Å². The number of para-hydroxylation sites is 1. The molecule has 0 saturated carbocycles. The van der Waals surface area contributed by atoms with Crippen LogP contribution in [0, 0.1) is 5.41 Å². The van der Waals surface area contributed by atoms with Gasteiger partial charge in [-0.2, -0.15) is 0 Å². The predicted molar refractivity (Wildman–Crippen MR) is 68.0 cm³/mol. The molecule has 1 heterocycles. The number of nitrogens with one attached hydrogen (secondary N) is 1. The minimum atomic E-state index is -1.74. The topological polar surface area (TPSA) is 66.4 Å². The zero-order valence-electron chi connectivity index (χ0n) is 10.8. The Labute approximate surface area is 106 Å². The fourth-order valence-corrected chi connectivity index (χ4v) is 1.97. The second-order valence-corrected chi connectivity index (χ2v) is 5.71. The van der Waals surface area contributed by atoms with Gasteiger partial charge in [-0.1, -0.05) is 39.0 Å². The highest BCUT2D eigenvalue weighted by Crippen LogP contribution is 2.39. The van der Waals surface area contributed by atoms with Crippen molar-refractivity contribution in [2.75, 3.05) is 5.32 Å². The molecule has 0 aliphatic carbocycles. The summed E-state index contributed by atoms with van der Waals surface area (Å²) < 4.78 is 0. The zero-order valence-corrected chi connectivity index (χ0v) is 10.8. The van der Waals surface area contributed by atoms with Crippen molar-refractivity contribution in [3.8, 4) is 0 Å². The first-order chi connectivity index (χ1) is 8.25. The predicted octanol–water partition coefficient (Wildman–Crippen LogP) is 1.83. The van der Waals surface area contributed by atoms with Crippen molar-refractivity contribution in [1.82, 2.24) is 0 Å². The quantitative estimate of drug-likeness (QED) is 0.838. The molecule has 0 saturated heterocycles. The highest BCUT2D eigenvalue weighted by Gasteiger charge is 2.47. The minimum absolute atomic E-state index is 0.142. The van der Waals surface area contributed by atoms with Gasteiger partial charge in [-0.05, 0) is 6.07 Å². The van der Waals surface area contributed by atoms with Crippen molar-refractivity contribution < 1.29 is 14.7 Å². The van der Waals surface area contributed by atoms with Gasteiger partial charge in [-0.3, -0.25) is 9.59 Å². The van der Waals surface area contributed by atoms with Gasteiger partial charge in [0.05, 0.1) is 0 Å². The molecule has 1 aromatic carbocycles. The van der Waals surface area contributed by atoms with Crippen molar-refractivity contribution in [2.45, 2.75) is 32.8 Å². The molecular formula is C14H17NO3. The minimum Gasteiger partial charge on any atom is -0.375 e. The van der Waals surface area contributed by atoms with E-state index in [-0.39, 0.29) is 12.2 Å². The number of ketones is 1. The molecule has 0 unspecified atom stereocenters. The Bertz CT molecular complexity index is 516. The van der Waals surface area contributed by atoms with Crippen LogP contribution in [0.15, 0.2) is 24.3 Å². The van der Waals surface area contributed by atoms with E-state index in [4.69, 9.17) is 0 Å². The van der Waals surface area contributed by atoms with Crippen LogP contribution in [0.2, 0.25) is 0 Å². The Morgan fingerprint density at radius 1 is 1.33 bits per heavy atom. The van der Waals surface area contributed by atoms with E-state index in [0.717, 1.165) is 0 Å². The third kappa shape index (κ3) is 1.93. The molecule has 1 aromatic rings. The first-order valence-corrected chi connectivity index (χ1v) is 5.92. The van der Waals surface area contributed by atoms with Gasteiger partial charge in [0.15, 0.2) is 5.60 Å². The van der Waals surface area contributed by atoms with Gasteiger partial charge in [-0.15, -0.1) is 0 Å². The second-order valence-electron chi connectivity index (χ2n) is 5.71. The van der Waals surface area contributed by atoms with Gasteiger partial charge in [0.2, 0.25) is 0 Å². The van der Waals surface area contributed by atoms with Gasteiger partial charge in [0.25, 0.3) is 5.91 Å². The van der Waals surface area contributed by atoms with Crippen molar-refractivity contribution in [3.05, 3.63) is 29.8 Å². The Kier molecular flexibility index (Phi) is 2.78. The molecule has 0 spiro atoms. The first kappa shape index (κ1) is 12.8. The van der Waals surface area contributed by atoms with E-state index in [1.165, 1.54) is 0 Å². The van der Waals surface area contributed by atoms with Crippen molar-refractivity contribution >= 4 is 17.4 Å². The number of benzene rings is 1. The fraction of sp³-hybridized carbons (Fsp3) is 0.429. The Morgan fingerprint density at radius 2 is 1.94 bits per heavy atom. The summed E-state index contributed by atoms with van der Waals surface area (Å²) in [4.78, 5) is 23.9. The molecule has 18 heavy (non-hydrogen) atoms. The molecule has 0 fully saturated rings. The summed E-state index contributed by atoms with van der Waals surface area (Å²) in [6.07, 6.45) is -0.195. The van der Waals surface area contributed by atoms with E-state index < -0.39 is 16.9 Å². The number of fused-ring (bicyclic) bond motifs is 1. The normalized spacial score (nSPS) is 22.6. The largest absolute Gasteiger partial charge is 0.375 e. The third-order valence-corrected chi connectivity index (χ3v) is 3.25. The van der Waals surface area contributed by atoms with E-state index in [1.807, 2.05) is 0 Å². The van der Waals surface area contributed by atoms with E-state index >= 15 is 0 Å². The lowest BCUT2D eigenvalue weighted by Gasteiger charge is -2.24. The van der Waals surface area contributed by atoms with E-state index in [9.17, 15) is 14.7 Å². The fourth-order valence-electron chi connectivity index (χ4n) is 1.97. The monoisotopic (exact) mass is 247 g/mol. The Morgan fingerprint density at radius 3 is 2.56 bits per heavy atom. The van der Waals surface area contributed by atoms with Crippen molar-refractivity contribution in [2.24, 2.45) is 5.41 Å². The van der Waals surface area contributed by atoms with Crippen LogP contribution in [-0.2, 0) is 15.2 Å². The van der Waals surface area contributed by atoms with E-state index in [1.54, 1.807) is 45.0 Å². The second kappa shape index (κ2) is 3.92. The summed E-state index contributed by atoms with van der Waals surface area (Å²) >= 11 is 0. The lowest BCUT2D eigenvalue weighted by Crippen LogP contribution is -2.39. The first-order valence-electron chi connectivity index (χ1n) is 5.92. The van der Waals surface area contributed by atoms with Crippen LogP contribution < -0.4 is 5.32 Å². The van der Waals surface area contributed by atoms with Crippen molar-refractivity contribution in [3.63, 3.8) is 0 Å². The van der Waals surface area contributed by atoms with Gasteiger partial charge in [0.1, 0.15) is 5.78 Å². The van der Waals surface area contributed by atoms with Crippen LogP contribution in [0.5, 0.6) is 0 Å². The lowest BCUT2D eigenvalue weighted by atomic mass is 9.81. The summed E-state index contributed by atoms with van der Waals surface area (Å²) in [5, 5.41) is 13.1. The van der Waals surface area contributed by atoms with Crippen LogP contribution in [0.4, 0.5) is 5.69 Å². The molecule has 4 nitrogen and oxygen atoms in total. The molecule has 1 atom stereocenters. The van der Waals surface area contributed by atoms with Gasteiger partial charge in [0, 0.05) is 23.1 Å². The standard InChI is InChI=1S/C14H17NO3/c1-13(2,3)11(16)8-14(18)9-6-4-5-7-10(9)15-12(14)17/h4-7,18H,8H2,1-3H3,(H,15,17)/t14-/m0/s1. The SMILES string of the molecule is CC(C)(C)C(=O)C[C@@]1(O)C(=O)Nc2ccccc21. The molecule has 96 valence electrons. The van der Waals surface area contributed by atoms with Crippen LogP contribution in [0.25, 0.3) is 0 Å². The summed E-state index contributed by atoms with van der Waals surface area (Å²) in [6.45, 7) is 5.33. The van der Waals surface area contributed by atoms with Gasteiger partial charge >= 0.3 is 0 Å². The third-order valence-electron chi connectivity index (χ3n) is 3.25. The summed E-state index contributed by atoms with van der Waals surface area (Å²) in [7, 11) is 0. The Hall–Kier alpha value is -1.68. The number of aliphatic hydroxyl groups is 1. The van der Waals surface area contributed by atoms with Crippen LogP contribution in [0.3, 0.4) is 0 Å². The molecule has 0 radical (unpaired) electrons. The smallest absolute Gasteiger partial charge is 0.261 e. The summed E-state index contributed by atoms with van der Waals surface area (Å²) in [5.41, 5.74) is -1.26. The number of anilines is 1. The Balaban J connectivity index is 2.37. The highest BCUT2D eigenvalue weighted by molar-refractivity contribution is 6.07. The van der Waals surface area contributed by atoms with Crippen LogP contribution >= 0.6 is 0 Å². The number of amides is 1. The summed E-state index contributed by atoms with van der Waals surface area (Å²) in [5.74, 6) is -0.668. The summed E-state index contributed by atoms with van der Waals surface area (Å²) in [6, 6.07) is 6.90. The molecule has 2 N–H and O–H groups in total. The van der Waals surface area contributed by atoms with Crippen LogP contribution in [0.1, 0.15) is 32.8 Å². The number of rotatable bonds is 2. The lowest BCUT2D eigenvalue weighted by molar-refractivity contribution is -0.143. The molecule has 1 amide bonds. The van der Waals surface area contributed by atoms with Gasteiger partial charge < -0.3 is 10.4 Å². The number of carbonyl (C=O) groups is 2. The molecule has 0 aromatic heterocycles. The number of hydrogen-bond donors (Lipinski definition) is 2. The highest BCUT2D eigenvalue weighted by atomic mass is 16.3. The molecule has 2 rings (SSSR count). The van der Waals surface area contributed by atoms with Crippen molar-refractivity contribution in [1.29, 1.82) is 0 Å². The molecule has 1 aliphatic rings. The number of hydrogen-bond acceptors (Lipinski definition) is 3.